The van der Waals surface area contributed by atoms with E-state index in [-0.39, 0.29) is 34.1 Å². The second kappa shape index (κ2) is 18.7. The highest BCUT2D eigenvalue weighted by atomic mass is 32.7. The van der Waals surface area contributed by atoms with Gasteiger partial charge in [-0.05, 0) is 52.9 Å². The molecule has 4 aromatic rings. The molecule has 342 valence electrons. The van der Waals surface area contributed by atoms with Crippen LogP contribution in [0.15, 0.2) is 23.8 Å². The first kappa shape index (κ1) is 47.7. The van der Waals surface area contributed by atoms with Gasteiger partial charge in [0.2, 0.25) is 5.95 Å². The minimum atomic E-state index is -4.84. The summed E-state index contributed by atoms with van der Waals surface area (Å²) in [5.41, 5.74) is 8.64. The van der Waals surface area contributed by atoms with Gasteiger partial charge in [0.15, 0.2) is 47.4 Å². The molecule has 5 N–H and O–H groups in total. The Kier molecular flexibility index (Phi) is 14.4. The summed E-state index contributed by atoms with van der Waals surface area (Å²) in [5.74, 6) is -2.89. The van der Waals surface area contributed by atoms with Crippen molar-refractivity contribution < 1.29 is 64.8 Å². The van der Waals surface area contributed by atoms with Gasteiger partial charge < -0.3 is 39.7 Å². The molecule has 62 heavy (non-hydrogen) atoms. The zero-order chi connectivity index (χ0) is 45.4. The third kappa shape index (κ3) is 10.6. The summed E-state index contributed by atoms with van der Waals surface area (Å²) in [7, 11) is 1.09. The zero-order valence-corrected chi connectivity index (χ0v) is 37.8. The molecule has 2 fully saturated rings. The first-order valence-corrected chi connectivity index (χ1v) is 25.1. The predicted octanol–water partition coefficient (Wildman–Crippen LogP) is 4.48. The second-order valence-electron chi connectivity index (χ2n) is 15.8. The SMILES string of the molecule is CO[C@@H]1COP(=O)(SCOC(=O)C(C)(C)C)CO[C@H]2[C@@H](F)[C@H](n3cnc4c(N)ncnc43)O[C@@H]2COP(=O)(SCOC(=O)C(C)(C)C)O[C@@H](n2cnc3c(=O)[nH]c(N)nc32)[C@@H]1F. The average molecular weight is 955 g/mol. The number of aromatic amines is 1. The number of esters is 2. The van der Waals surface area contributed by atoms with Gasteiger partial charge in [-0.2, -0.15) is 4.98 Å². The van der Waals surface area contributed by atoms with Gasteiger partial charge in [0.05, 0.1) is 36.7 Å². The van der Waals surface area contributed by atoms with Gasteiger partial charge in [-0.25, -0.2) is 33.3 Å². The molecule has 0 aromatic carbocycles. The van der Waals surface area contributed by atoms with Gasteiger partial charge in [0.1, 0.15) is 48.4 Å². The number of carbonyl (C=O) groups excluding carboxylic acids is 2. The maximum atomic E-state index is 17.2. The summed E-state index contributed by atoms with van der Waals surface area (Å²) in [4.78, 5) is 60.7. The molecule has 6 heterocycles. The zero-order valence-electron chi connectivity index (χ0n) is 34.4. The van der Waals surface area contributed by atoms with Gasteiger partial charge in [-0.15, -0.1) is 0 Å². The Morgan fingerprint density at radius 1 is 0.887 bits per heavy atom. The van der Waals surface area contributed by atoms with Gasteiger partial charge in [0.25, 0.3) is 12.1 Å². The second-order valence-corrected chi connectivity index (χ2v) is 24.5. The Morgan fingerprint density at radius 3 is 2.16 bits per heavy atom. The van der Waals surface area contributed by atoms with Crippen LogP contribution in [0.4, 0.5) is 20.5 Å². The van der Waals surface area contributed by atoms with E-state index in [0.717, 1.165) is 24.3 Å². The number of nitrogens with zero attached hydrogens (tertiary/aromatic N) is 7. The number of halogens is 2. The number of alkyl halides is 2. The molecule has 9 atom stereocenters. The van der Waals surface area contributed by atoms with Crippen molar-refractivity contribution in [2.24, 2.45) is 10.8 Å². The number of nitrogen functional groups attached to an aromatic ring is 2. The van der Waals surface area contributed by atoms with Gasteiger partial charge in [-0.3, -0.25) is 42.1 Å². The third-order valence-corrected chi connectivity index (χ3v) is 16.2. The standard InChI is InChI=1S/C33H46F2N10O13P2S2/c1-32(2,3)29(47)53-14-61-59(49)13-52-22-17(57-27(19(22)35)44-11-40-20-23(36)38-10-39-24(20)44)9-56-60(50,62-15-54-30(48)33(4,5)6)58-28(18(34)16(51-7)8-55-59)45-12-41-21-25(45)42-31(37)43-26(21)46/h10-12,16-19,22,27-28H,8-9,13-15H2,1-7H3,(H2,36,38,39)(H3,37,42,43,46)/t16-,17-,18-,19-,22-,27-,28-,59?,60?/m1/s1. The highest BCUT2D eigenvalue weighted by Gasteiger charge is 2.51. The number of nitrogens with two attached hydrogens (primary N) is 2. The largest absolute Gasteiger partial charge is 0.454 e. The van der Waals surface area contributed by atoms with Crippen molar-refractivity contribution in [2.45, 2.75) is 84.7 Å². The number of anilines is 2. The van der Waals surface area contributed by atoms with Crippen molar-refractivity contribution in [3.05, 3.63) is 29.3 Å². The fraction of sp³-hybridized carbons (Fsp3) is 0.636. The first-order valence-electron chi connectivity index (χ1n) is 18.6. The lowest BCUT2D eigenvalue weighted by Gasteiger charge is -2.32. The molecule has 0 spiro atoms. The molecule has 2 saturated heterocycles. The fourth-order valence-electron chi connectivity index (χ4n) is 5.78. The monoisotopic (exact) mass is 954 g/mol. The Balaban J connectivity index is 1.42. The van der Waals surface area contributed by atoms with Crippen LogP contribution >= 0.6 is 36.1 Å². The Bertz CT molecular complexity index is 2430. The number of aromatic nitrogens is 8. The van der Waals surface area contributed by atoms with Crippen LogP contribution in [0.2, 0.25) is 0 Å². The molecular formula is C33H46F2N10O13P2S2. The lowest BCUT2D eigenvalue weighted by molar-refractivity contribution is -0.151. The normalized spacial score (nSPS) is 29.3. The number of imidazole rings is 2. The Morgan fingerprint density at radius 2 is 1.52 bits per heavy atom. The minimum absolute atomic E-state index is 0.00634. The van der Waals surface area contributed by atoms with E-state index in [0.29, 0.717) is 22.8 Å². The summed E-state index contributed by atoms with van der Waals surface area (Å²) in [5, 5.41) is 0. The number of fused-ring (bicyclic) bond motifs is 3. The smallest absolute Gasteiger partial charge is 0.394 e. The van der Waals surface area contributed by atoms with Crippen LogP contribution in [0.5, 0.6) is 0 Å². The number of hydrogen-bond acceptors (Lipinski definition) is 22. The molecule has 2 aliphatic heterocycles. The van der Waals surface area contributed by atoms with Gasteiger partial charge in [0, 0.05) is 18.5 Å². The fourth-order valence-corrected chi connectivity index (χ4v) is 11.2. The van der Waals surface area contributed by atoms with Crippen molar-refractivity contribution in [1.82, 2.24) is 39.0 Å². The molecule has 23 nitrogen and oxygen atoms in total. The van der Waals surface area contributed by atoms with Crippen LogP contribution in [-0.2, 0) is 56.0 Å². The number of methoxy groups -OCH3 is 1. The molecule has 29 heteroatoms. The van der Waals surface area contributed by atoms with Crippen molar-refractivity contribution in [3.8, 4) is 0 Å². The molecule has 6 rings (SSSR count). The Labute approximate surface area is 359 Å². The summed E-state index contributed by atoms with van der Waals surface area (Å²) in [6.07, 6.45) is -10.6. The van der Waals surface area contributed by atoms with Crippen LogP contribution in [0, 0.1) is 10.8 Å². The number of nitrogens with one attached hydrogen (secondary N) is 1. The summed E-state index contributed by atoms with van der Waals surface area (Å²) >= 11 is 0.855. The van der Waals surface area contributed by atoms with Gasteiger partial charge >= 0.3 is 18.7 Å². The summed E-state index contributed by atoms with van der Waals surface area (Å²) in [6.45, 7) is -1.17. The van der Waals surface area contributed by atoms with Crippen LogP contribution in [-0.4, -0.2) is 120 Å². The van der Waals surface area contributed by atoms with Crippen LogP contribution in [0.3, 0.4) is 0 Å². The quantitative estimate of drug-likeness (QED) is 0.118. The van der Waals surface area contributed by atoms with Crippen molar-refractivity contribution in [2.75, 3.05) is 50.0 Å². The van der Waals surface area contributed by atoms with E-state index in [2.05, 4.69) is 29.9 Å². The summed E-state index contributed by atoms with van der Waals surface area (Å²) < 4.78 is 112. The van der Waals surface area contributed by atoms with Gasteiger partial charge in [-0.1, -0.05) is 0 Å². The van der Waals surface area contributed by atoms with E-state index in [1.807, 2.05) is 0 Å². The van der Waals surface area contributed by atoms with E-state index in [4.69, 9.17) is 48.7 Å². The number of rotatable bonds is 9. The number of H-pyrrole nitrogens is 1. The van der Waals surface area contributed by atoms with Crippen molar-refractivity contribution in [3.63, 3.8) is 0 Å². The molecule has 2 aliphatic rings. The lowest BCUT2D eigenvalue weighted by Crippen LogP contribution is -2.38. The van der Waals surface area contributed by atoms with Crippen molar-refractivity contribution >= 4 is 82.2 Å². The lowest BCUT2D eigenvalue weighted by atomic mass is 9.98. The number of hydrogen-bond donors (Lipinski definition) is 3. The Hall–Kier alpha value is -3.78. The summed E-state index contributed by atoms with van der Waals surface area (Å²) in [6, 6.07) is 0. The van der Waals surface area contributed by atoms with E-state index < -0.39 is 116 Å². The molecule has 0 amide bonds. The molecule has 4 aromatic heterocycles. The first-order chi connectivity index (χ1) is 29.0. The van der Waals surface area contributed by atoms with E-state index >= 15 is 8.78 Å². The minimum Gasteiger partial charge on any atom is -0.454 e. The highest BCUT2D eigenvalue weighted by Crippen LogP contribution is 2.64. The van der Waals surface area contributed by atoms with Crippen LogP contribution < -0.4 is 17.0 Å². The predicted molar refractivity (Wildman–Crippen MR) is 220 cm³/mol. The van der Waals surface area contributed by atoms with E-state index in [1.165, 1.54) is 10.9 Å². The molecule has 0 radical (unpaired) electrons. The maximum absolute atomic E-state index is 17.2. The average Bonchev–Trinajstić information content (AvgIpc) is 3.90. The number of carbonyl (C=O) groups is 2. The maximum Gasteiger partial charge on any atom is 0.394 e. The van der Waals surface area contributed by atoms with Crippen LogP contribution in [0.1, 0.15) is 54.0 Å². The van der Waals surface area contributed by atoms with Crippen LogP contribution in [0.25, 0.3) is 22.3 Å². The third-order valence-electron chi connectivity index (χ3n) is 9.14. The number of ether oxygens (including phenoxy) is 5. The molecule has 0 bridgehead atoms. The highest BCUT2D eigenvalue weighted by molar-refractivity contribution is 8.56. The molecule has 0 aliphatic carbocycles. The molecule has 2 unspecified atom stereocenters. The van der Waals surface area contributed by atoms with E-state index in [9.17, 15) is 23.5 Å². The van der Waals surface area contributed by atoms with Crippen molar-refractivity contribution in [1.29, 1.82) is 0 Å². The molecular weight excluding hydrogens is 908 g/mol. The van der Waals surface area contributed by atoms with E-state index in [1.54, 1.807) is 41.5 Å². The topological polar surface area (TPSA) is 301 Å². The molecule has 0 saturated carbocycles.